The number of nitrogens with zero attached hydrogens (tertiary/aromatic N) is 6. The van der Waals surface area contributed by atoms with Gasteiger partial charge in [0.05, 0.1) is 25.8 Å². The highest BCUT2D eigenvalue weighted by Crippen LogP contribution is 2.38. The summed E-state index contributed by atoms with van der Waals surface area (Å²) >= 11 is 55.8. The highest BCUT2D eigenvalue weighted by atomic mass is 32.2. The van der Waals surface area contributed by atoms with Crippen LogP contribution in [0.1, 0.15) is 113 Å². The van der Waals surface area contributed by atoms with Crippen LogP contribution in [0.4, 0.5) is 0 Å². The van der Waals surface area contributed by atoms with Crippen LogP contribution in [0.25, 0.3) is 10.8 Å². The average molecular weight is 1680 g/mol. The summed E-state index contributed by atoms with van der Waals surface area (Å²) in [4.78, 5) is 11.6. The lowest BCUT2D eigenvalue weighted by atomic mass is 10.0. The number of aromatic nitrogens is 1. The number of piperazine rings is 1. The van der Waals surface area contributed by atoms with Crippen molar-refractivity contribution >= 4 is 237 Å². The van der Waals surface area contributed by atoms with Crippen molar-refractivity contribution in [3.8, 4) is 0 Å². The second-order valence-corrected chi connectivity index (χ2v) is 38.4. The number of piperidine rings is 1. The molecular formula is C80H106N6OS16. The molecular weight excluding hydrogens is 1570 g/mol. The highest BCUT2D eigenvalue weighted by Gasteiger charge is 2.25. The molecule has 0 radical (unpaired) electrons. The Morgan fingerprint density at radius 2 is 1.01 bits per heavy atom. The van der Waals surface area contributed by atoms with Crippen molar-refractivity contribution in [1.29, 1.82) is 0 Å². The second kappa shape index (κ2) is 54.2. The third-order valence-electron chi connectivity index (χ3n) is 16.2. The van der Waals surface area contributed by atoms with Crippen LogP contribution < -0.4 is 0 Å². The average Bonchev–Trinajstić information content (AvgIpc) is 1.37. The number of rotatable bonds is 10. The zero-order valence-electron chi connectivity index (χ0n) is 62.0. The van der Waals surface area contributed by atoms with Gasteiger partial charge in [-0.25, -0.2) is 0 Å². The summed E-state index contributed by atoms with van der Waals surface area (Å²) in [5, 5.41) is 3.11. The minimum absolute atomic E-state index is 0.00577. The summed E-state index contributed by atoms with van der Waals surface area (Å²) < 4.78 is 15.1. The normalized spacial score (nSPS) is 14.7. The number of likely N-dealkylation sites (tertiary alicyclic amines) is 2. The molecule has 103 heavy (non-hydrogen) atoms. The van der Waals surface area contributed by atoms with E-state index < -0.39 is 0 Å². The standard InChI is InChI=1S/C16H16S2.C12H11NS2.C12H10S2.C11H21NS2.C9H10S2.C8H16N2S2.C6H11NOS2.C6H11NS2/c1-16(2,14-11-7-4-8-12-14)18-15(17)13-9-5-3-6-10-13;14-12(13-8-4-5-9-13)15-10-11-6-2-1-3-7-11;1-14-12(13)11-8-4-6-9-5-2-3-7-10(9)11;1-4-10-7-5-6-8-12(10)11(13)14-9(2)3;1-7-3-5-8(6-4-7)9(10)11-2;1-3-12-8(11)10-6-4-9(2)5-7-10;1-10-6(9)7-2-4-8-5-3-7;1-9-6(8)7-4-2-3-5-7/h3-12H,1-2H3;1-9H,10H2;2-8H,1H3;9-10H,4-8H2,1-3H3;3-6H,1-2H3;3-7H2,1-2H3;2-5H2,1H3;2-5H2,1H3. The zero-order valence-corrected chi connectivity index (χ0v) is 75.1. The fourth-order valence-corrected chi connectivity index (χ4v) is 18.2. The van der Waals surface area contributed by atoms with Crippen LogP contribution in [0.2, 0.25) is 0 Å². The van der Waals surface area contributed by atoms with Gasteiger partial charge in [0.1, 0.15) is 21.6 Å². The van der Waals surface area contributed by atoms with Crippen LogP contribution in [0.3, 0.4) is 0 Å². The fraction of sp³-hybridized carbons (Fsp3) is 0.425. The molecule has 7 aromatic rings. The van der Waals surface area contributed by atoms with Gasteiger partial charge < -0.3 is 33.8 Å². The Hall–Kier alpha value is -2.50. The van der Waals surface area contributed by atoms with Crippen molar-refractivity contribution in [1.82, 2.24) is 29.1 Å². The Morgan fingerprint density at radius 1 is 0.495 bits per heavy atom. The van der Waals surface area contributed by atoms with E-state index >= 15 is 0 Å². The van der Waals surface area contributed by atoms with E-state index in [0.29, 0.717) is 11.3 Å². The van der Waals surface area contributed by atoms with E-state index in [2.05, 4.69) is 201 Å². The maximum atomic E-state index is 5.53. The first-order chi connectivity index (χ1) is 49.6. The topological polar surface area (TPSA) is 30.4 Å². The van der Waals surface area contributed by atoms with Crippen LogP contribution >= 0.6 is 192 Å². The Balaban J connectivity index is 0.000000251. The molecule has 558 valence electrons. The Kier molecular flexibility index (Phi) is 48.8. The first kappa shape index (κ1) is 92.9. The summed E-state index contributed by atoms with van der Waals surface area (Å²) in [5.41, 5.74) is 7.33. The number of benzene rings is 6. The number of hydrogen-bond acceptors (Lipinski definition) is 18. The van der Waals surface area contributed by atoms with Gasteiger partial charge in [-0.05, 0) is 142 Å². The van der Waals surface area contributed by atoms with Crippen LogP contribution in [0.15, 0.2) is 182 Å². The molecule has 0 amide bonds. The number of ether oxygens (including phenoxy) is 1. The molecule has 4 saturated heterocycles. The van der Waals surface area contributed by atoms with Gasteiger partial charge in [-0.15, -0.1) is 58.8 Å². The number of hydrogen-bond donors (Lipinski definition) is 0. The fourth-order valence-electron chi connectivity index (χ4n) is 10.4. The molecule has 6 aromatic carbocycles. The van der Waals surface area contributed by atoms with Crippen molar-refractivity contribution in [2.45, 2.75) is 109 Å². The van der Waals surface area contributed by atoms with Gasteiger partial charge >= 0.3 is 0 Å². The lowest BCUT2D eigenvalue weighted by molar-refractivity contribution is 0.0702. The molecule has 1 aromatic heterocycles. The molecule has 0 N–H and O–H groups in total. The van der Waals surface area contributed by atoms with Crippen molar-refractivity contribution in [3.63, 3.8) is 0 Å². The third kappa shape index (κ3) is 36.7. The number of thiocarbonyl (C=S) groups is 8. The molecule has 4 fully saturated rings. The molecule has 4 aliphatic heterocycles. The molecule has 11 rings (SSSR count). The zero-order chi connectivity index (χ0) is 75.4. The lowest BCUT2D eigenvalue weighted by Crippen LogP contribution is -2.45. The van der Waals surface area contributed by atoms with E-state index in [9.17, 15) is 0 Å². The van der Waals surface area contributed by atoms with Gasteiger partial charge in [-0.3, -0.25) is 0 Å². The van der Waals surface area contributed by atoms with Gasteiger partial charge in [0.25, 0.3) is 0 Å². The number of thioether (sulfide) groups is 8. The Morgan fingerprint density at radius 3 is 1.56 bits per heavy atom. The molecule has 7 nitrogen and oxygen atoms in total. The maximum Gasteiger partial charge on any atom is 0.144 e. The predicted molar refractivity (Wildman–Crippen MR) is 506 cm³/mol. The lowest BCUT2D eigenvalue weighted by Gasteiger charge is -2.37. The molecule has 0 saturated carbocycles. The molecule has 1 atom stereocenters. The van der Waals surface area contributed by atoms with Gasteiger partial charge in [-0.1, -0.05) is 324 Å². The van der Waals surface area contributed by atoms with Crippen LogP contribution in [-0.4, -0.2) is 184 Å². The molecule has 1 unspecified atom stereocenters. The van der Waals surface area contributed by atoms with E-state index in [0.717, 1.165) is 109 Å². The van der Waals surface area contributed by atoms with Gasteiger partial charge in [0, 0.05) is 98.7 Å². The minimum Gasteiger partial charge on any atom is -0.378 e. The van der Waals surface area contributed by atoms with Crippen molar-refractivity contribution < 1.29 is 4.74 Å². The molecule has 5 heterocycles. The Labute approximate surface area is 697 Å². The third-order valence-corrected chi connectivity index (χ3v) is 27.6. The molecule has 23 heteroatoms. The largest absolute Gasteiger partial charge is 0.378 e. The van der Waals surface area contributed by atoms with E-state index in [-0.39, 0.29) is 4.75 Å². The summed E-state index contributed by atoms with van der Waals surface area (Å²) in [5.74, 6) is 2.02. The quantitative estimate of drug-likeness (QED) is 0.122. The molecule has 0 aliphatic carbocycles. The highest BCUT2D eigenvalue weighted by molar-refractivity contribution is 8.25. The van der Waals surface area contributed by atoms with Crippen molar-refractivity contribution in [2.75, 3.05) is 110 Å². The number of fused-ring (bicyclic) bond motifs is 1. The van der Waals surface area contributed by atoms with Crippen LogP contribution in [-0.2, 0) is 15.2 Å². The smallest absolute Gasteiger partial charge is 0.144 e. The number of morpholine rings is 1. The SMILES string of the molecule is CC(C)(SC(=S)c1ccccc1)c1ccccc1.CCC1CCCCN1C(=S)SC(C)C.CCSC(=S)N1CCN(C)CC1.CSC(=S)N1CCCC1.CSC(=S)N1CCOCC1.CSC(=S)c1ccc(C)cc1.CSC(=S)c1cccc2ccccc12.S=C(SCc1ccccc1)n1cccc1. The molecule has 0 spiro atoms. The van der Waals surface area contributed by atoms with E-state index in [1.165, 1.54) is 91.2 Å². The molecule has 4 aliphatic rings. The number of aryl methyl sites for hydroxylation is 1. The van der Waals surface area contributed by atoms with Gasteiger partial charge in [0.15, 0.2) is 0 Å². The monoisotopic (exact) mass is 1680 g/mol. The van der Waals surface area contributed by atoms with Gasteiger partial charge in [-0.2, -0.15) is 0 Å². The van der Waals surface area contributed by atoms with E-state index in [1.807, 2.05) is 102 Å². The Bertz CT molecular complexity index is 3580. The van der Waals surface area contributed by atoms with Crippen molar-refractivity contribution in [2.24, 2.45) is 0 Å². The maximum absolute atomic E-state index is 5.53. The summed E-state index contributed by atoms with van der Waals surface area (Å²) in [6.07, 6.45) is 19.9. The van der Waals surface area contributed by atoms with Crippen LogP contribution in [0, 0.1) is 6.92 Å². The van der Waals surface area contributed by atoms with E-state index in [4.69, 9.17) is 102 Å². The van der Waals surface area contributed by atoms with E-state index in [1.54, 1.807) is 82.3 Å². The first-order valence-electron chi connectivity index (χ1n) is 34.8. The first-order valence-corrected chi connectivity index (χ1v) is 46.6. The second-order valence-electron chi connectivity index (χ2n) is 24.5. The molecule has 0 bridgehead atoms. The summed E-state index contributed by atoms with van der Waals surface area (Å²) in [6, 6.07) is 58.6. The number of likely N-dealkylation sites (N-methyl/N-ethyl adjacent to an activating group) is 1. The van der Waals surface area contributed by atoms with Crippen molar-refractivity contribution in [3.05, 3.63) is 216 Å². The summed E-state index contributed by atoms with van der Waals surface area (Å²) in [6.45, 7) is 26.9. The minimum atomic E-state index is -0.00577. The predicted octanol–water partition coefficient (Wildman–Crippen LogP) is 23.1. The summed E-state index contributed by atoms with van der Waals surface area (Å²) in [7, 11) is 2.16. The van der Waals surface area contributed by atoms with Gasteiger partial charge in [0.2, 0.25) is 0 Å². The van der Waals surface area contributed by atoms with Crippen LogP contribution in [0.5, 0.6) is 0 Å².